The van der Waals surface area contributed by atoms with Crippen molar-refractivity contribution in [2.75, 3.05) is 4.90 Å². The normalized spacial score (nSPS) is 39.0. The molecule has 2 fully saturated rings. The lowest BCUT2D eigenvalue weighted by Gasteiger charge is -2.26. The highest BCUT2D eigenvalue weighted by Gasteiger charge is 2.70. The maximum absolute atomic E-state index is 13.0. The first-order valence-corrected chi connectivity index (χ1v) is 7.62. The van der Waals surface area contributed by atoms with Crippen LogP contribution in [0.2, 0.25) is 0 Å². The van der Waals surface area contributed by atoms with E-state index in [4.69, 9.17) is 4.74 Å². The molecular formula is C18H19NO3. The highest BCUT2D eigenvalue weighted by molar-refractivity contribution is 6.23. The van der Waals surface area contributed by atoms with Gasteiger partial charge in [0.2, 0.25) is 11.8 Å². The standard InChI is InChI=1S/C18H19NO3/c1-10-5-6-12(11(2)9-10)19-15(20)13-14(16(19)21)18(4)8-7-17(13,3)22-18/h5-9,13-14H,1-4H3/t13-,14-,17+,18+/m0/s1. The minimum Gasteiger partial charge on any atom is -0.359 e. The summed E-state index contributed by atoms with van der Waals surface area (Å²) in [4.78, 5) is 27.3. The molecular weight excluding hydrogens is 278 g/mol. The van der Waals surface area contributed by atoms with Crippen molar-refractivity contribution in [3.63, 3.8) is 0 Å². The van der Waals surface area contributed by atoms with E-state index in [0.717, 1.165) is 11.1 Å². The fraction of sp³-hybridized carbons (Fsp3) is 0.444. The molecule has 0 unspecified atom stereocenters. The van der Waals surface area contributed by atoms with Gasteiger partial charge in [-0.25, -0.2) is 4.90 Å². The van der Waals surface area contributed by atoms with Crippen LogP contribution in [-0.4, -0.2) is 23.0 Å². The second-order valence-electron chi connectivity index (χ2n) is 7.06. The molecule has 4 atom stereocenters. The van der Waals surface area contributed by atoms with Crippen LogP contribution in [0.5, 0.6) is 0 Å². The largest absolute Gasteiger partial charge is 0.359 e. The Balaban J connectivity index is 1.83. The second kappa shape index (κ2) is 3.87. The van der Waals surface area contributed by atoms with E-state index >= 15 is 0 Å². The number of anilines is 1. The predicted molar refractivity (Wildman–Crippen MR) is 82.4 cm³/mol. The van der Waals surface area contributed by atoms with Crippen LogP contribution in [0.25, 0.3) is 0 Å². The molecule has 0 saturated carbocycles. The lowest BCUT2D eigenvalue weighted by atomic mass is 9.73. The number of nitrogens with zero attached hydrogens (tertiary/aromatic N) is 1. The third-order valence-corrected chi connectivity index (χ3v) is 5.32. The Kier molecular flexibility index (Phi) is 2.41. The number of imide groups is 1. The van der Waals surface area contributed by atoms with Gasteiger partial charge in [-0.05, 0) is 39.3 Å². The molecule has 0 N–H and O–H groups in total. The van der Waals surface area contributed by atoms with Gasteiger partial charge in [-0.1, -0.05) is 29.8 Å². The minimum atomic E-state index is -0.667. The van der Waals surface area contributed by atoms with E-state index in [2.05, 4.69) is 0 Å². The Hall–Kier alpha value is -1.94. The molecule has 3 aliphatic rings. The summed E-state index contributed by atoms with van der Waals surface area (Å²) >= 11 is 0. The number of ether oxygens (including phenoxy) is 1. The Morgan fingerprint density at radius 2 is 1.55 bits per heavy atom. The molecule has 2 bridgehead atoms. The van der Waals surface area contributed by atoms with Gasteiger partial charge in [0.05, 0.1) is 28.7 Å². The van der Waals surface area contributed by atoms with Crippen LogP contribution in [0.1, 0.15) is 25.0 Å². The Labute approximate surface area is 129 Å². The molecule has 22 heavy (non-hydrogen) atoms. The van der Waals surface area contributed by atoms with Crippen molar-refractivity contribution in [1.29, 1.82) is 0 Å². The molecule has 2 amide bonds. The van der Waals surface area contributed by atoms with Crippen LogP contribution in [0.4, 0.5) is 5.69 Å². The average Bonchev–Trinajstić information content (AvgIpc) is 2.97. The molecule has 114 valence electrons. The molecule has 0 radical (unpaired) electrons. The van der Waals surface area contributed by atoms with E-state index in [9.17, 15) is 9.59 Å². The smallest absolute Gasteiger partial charge is 0.241 e. The van der Waals surface area contributed by atoms with Crippen LogP contribution in [0.15, 0.2) is 30.4 Å². The predicted octanol–water partition coefficient (Wildman–Crippen LogP) is 2.53. The van der Waals surface area contributed by atoms with Crippen LogP contribution in [0, 0.1) is 25.7 Å². The first-order chi connectivity index (χ1) is 10.3. The molecule has 4 nitrogen and oxygen atoms in total. The number of hydrogen-bond donors (Lipinski definition) is 0. The van der Waals surface area contributed by atoms with E-state index < -0.39 is 23.0 Å². The topological polar surface area (TPSA) is 46.6 Å². The van der Waals surface area contributed by atoms with Crippen molar-refractivity contribution in [3.05, 3.63) is 41.5 Å². The van der Waals surface area contributed by atoms with Gasteiger partial charge in [0.25, 0.3) is 0 Å². The van der Waals surface area contributed by atoms with E-state index in [0.29, 0.717) is 5.69 Å². The molecule has 2 saturated heterocycles. The SMILES string of the molecule is Cc1ccc(N2C(=O)[C@@H]3[C@@H](C2=O)[C@@]2(C)C=C[C@@]3(C)O2)c(C)c1. The third-order valence-electron chi connectivity index (χ3n) is 5.32. The summed E-state index contributed by atoms with van der Waals surface area (Å²) < 4.78 is 6.01. The number of carbonyl (C=O) groups is 2. The van der Waals surface area contributed by atoms with E-state index in [-0.39, 0.29) is 11.8 Å². The van der Waals surface area contributed by atoms with Crippen molar-refractivity contribution in [3.8, 4) is 0 Å². The minimum absolute atomic E-state index is 0.141. The summed E-state index contributed by atoms with van der Waals surface area (Å²) in [6.45, 7) is 7.73. The monoisotopic (exact) mass is 297 g/mol. The fourth-order valence-electron chi connectivity index (χ4n) is 4.32. The molecule has 0 aliphatic carbocycles. The summed E-state index contributed by atoms with van der Waals surface area (Å²) in [5, 5.41) is 0. The molecule has 0 aromatic heterocycles. The van der Waals surface area contributed by atoms with Gasteiger partial charge >= 0.3 is 0 Å². The number of hydrogen-bond acceptors (Lipinski definition) is 3. The van der Waals surface area contributed by atoms with Crippen LogP contribution < -0.4 is 4.90 Å². The number of rotatable bonds is 1. The molecule has 3 aliphatic heterocycles. The number of aryl methyl sites for hydroxylation is 2. The maximum Gasteiger partial charge on any atom is 0.241 e. The van der Waals surface area contributed by atoms with E-state index in [1.54, 1.807) is 0 Å². The van der Waals surface area contributed by atoms with Crippen molar-refractivity contribution in [2.24, 2.45) is 11.8 Å². The van der Waals surface area contributed by atoms with Crippen LogP contribution >= 0.6 is 0 Å². The lowest BCUT2D eigenvalue weighted by Crippen LogP contribution is -2.39. The van der Waals surface area contributed by atoms with Gasteiger partial charge in [0.1, 0.15) is 0 Å². The van der Waals surface area contributed by atoms with E-state index in [1.165, 1.54) is 4.90 Å². The van der Waals surface area contributed by atoms with Crippen molar-refractivity contribution in [2.45, 2.75) is 38.9 Å². The number of amides is 2. The molecule has 1 aromatic carbocycles. The Morgan fingerprint density at radius 3 is 2.05 bits per heavy atom. The number of carbonyl (C=O) groups excluding carboxylic acids is 2. The van der Waals surface area contributed by atoms with Crippen molar-refractivity contribution >= 4 is 17.5 Å². The Bertz CT molecular complexity index is 717. The van der Waals surface area contributed by atoms with Crippen LogP contribution in [0.3, 0.4) is 0 Å². The summed E-state index contributed by atoms with van der Waals surface area (Å²) in [6, 6.07) is 5.79. The number of fused-ring (bicyclic) bond motifs is 5. The highest BCUT2D eigenvalue weighted by atomic mass is 16.5. The average molecular weight is 297 g/mol. The summed E-state index contributed by atoms with van der Waals surface area (Å²) in [6.07, 6.45) is 3.87. The fourth-order valence-corrected chi connectivity index (χ4v) is 4.32. The summed E-state index contributed by atoms with van der Waals surface area (Å²) in [7, 11) is 0. The molecule has 4 rings (SSSR count). The summed E-state index contributed by atoms with van der Waals surface area (Å²) in [5.74, 6) is -1.12. The van der Waals surface area contributed by atoms with Crippen molar-refractivity contribution in [1.82, 2.24) is 0 Å². The lowest BCUT2D eigenvalue weighted by molar-refractivity contribution is -0.128. The molecule has 3 heterocycles. The van der Waals surface area contributed by atoms with Gasteiger partial charge in [0.15, 0.2) is 0 Å². The quantitative estimate of drug-likeness (QED) is 0.591. The van der Waals surface area contributed by atoms with Crippen LogP contribution in [-0.2, 0) is 14.3 Å². The van der Waals surface area contributed by atoms with Gasteiger partial charge in [-0.2, -0.15) is 0 Å². The Morgan fingerprint density at radius 1 is 1.00 bits per heavy atom. The highest BCUT2D eigenvalue weighted by Crippen LogP contribution is 2.57. The second-order valence-corrected chi connectivity index (χ2v) is 7.06. The summed E-state index contributed by atoms with van der Waals surface area (Å²) in [5.41, 5.74) is 1.42. The van der Waals surface area contributed by atoms with Crippen molar-refractivity contribution < 1.29 is 14.3 Å². The molecule has 4 heteroatoms. The number of benzene rings is 1. The first kappa shape index (κ1) is 13.7. The van der Waals surface area contributed by atoms with Gasteiger partial charge in [-0.15, -0.1) is 0 Å². The third kappa shape index (κ3) is 1.46. The molecule has 0 spiro atoms. The van der Waals surface area contributed by atoms with Gasteiger partial charge < -0.3 is 4.74 Å². The zero-order valence-electron chi connectivity index (χ0n) is 13.2. The molecule has 1 aromatic rings. The maximum atomic E-state index is 13.0. The first-order valence-electron chi connectivity index (χ1n) is 7.62. The zero-order valence-corrected chi connectivity index (χ0v) is 13.2. The van der Waals surface area contributed by atoms with E-state index in [1.807, 2.05) is 58.0 Å². The van der Waals surface area contributed by atoms with Gasteiger partial charge in [-0.3, -0.25) is 9.59 Å². The van der Waals surface area contributed by atoms with Gasteiger partial charge in [0, 0.05) is 0 Å². The zero-order chi connectivity index (χ0) is 15.9.